The first kappa shape index (κ1) is 18.3. The fraction of sp³-hybridized carbons (Fsp3) is 0.364. The number of hydrogen-bond acceptors (Lipinski definition) is 4. The van der Waals surface area contributed by atoms with E-state index in [0.717, 1.165) is 48.4 Å². The summed E-state index contributed by atoms with van der Waals surface area (Å²) < 4.78 is 12.7. The zero-order valence-corrected chi connectivity index (χ0v) is 16.3. The van der Waals surface area contributed by atoms with Gasteiger partial charge in [-0.15, -0.1) is 0 Å². The van der Waals surface area contributed by atoms with E-state index in [2.05, 4.69) is 4.98 Å². The SMILES string of the molecule is COc1ccc(CN(C(=O)c2ccc3nccn3c2)C2CCCC2)c(OC)c1. The highest BCUT2D eigenvalue weighted by atomic mass is 16.5. The van der Waals surface area contributed by atoms with Gasteiger partial charge in [-0.3, -0.25) is 4.79 Å². The number of hydrogen-bond donors (Lipinski definition) is 0. The minimum atomic E-state index is 0.0420. The van der Waals surface area contributed by atoms with E-state index in [1.807, 2.05) is 52.0 Å². The number of carbonyl (C=O) groups excluding carboxylic acids is 1. The Labute approximate surface area is 164 Å². The Morgan fingerprint density at radius 1 is 1.18 bits per heavy atom. The molecule has 2 heterocycles. The Kier molecular flexibility index (Phi) is 5.19. The average molecular weight is 379 g/mol. The Morgan fingerprint density at radius 3 is 2.75 bits per heavy atom. The third kappa shape index (κ3) is 3.54. The normalized spacial score (nSPS) is 14.4. The highest BCUT2D eigenvalue weighted by molar-refractivity contribution is 5.94. The van der Waals surface area contributed by atoms with Gasteiger partial charge in [0, 0.05) is 42.8 Å². The van der Waals surface area contributed by atoms with Gasteiger partial charge >= 0.3 is 0 Å². The molecule has 0 radical (unpaired) electrons. The van der Waals surface area contributed by atoms with E-state index >= 15 is 0 Å². The molecule has 0 spiro atoms. The smallest absolute Gasteiger partial charge is 0.255 e. The van der Waals surface area contributed by atoms with Crippen molar-refractivity contribution in [2.75, 3.05) is 14.2 Å². The van der Waals surface area contributed by atoms with Crippen LogP contribution in [0.3, 0.4) is 0 Å². The van der Waals surface area contributed by atoms with Crippen molar-refractivity contribution in [3.63, 3.8) is 0 Å². The van der Waals surface area contributed by atoms with Crippen molar-refractivity contribution in [2.45, 2.75) is 38.3 Å². The fourth-order valence-corrected chi connectivity index (χ4v) is 3.96. The van der Waals surface area contributed by atoms with Crippen LogP contribution in [0.1, 0.15) is 41.6 Å². The first-order valence-corrected chi connectivity index (χ1v) is 9.64. The molecule has 0 aliphatic heterocycles. The summed E-state index contributed by atoms with van der Waals surface area (Å²) in [5.74, 6) is 1.52. The molecule has 0 atom stereocenters. The molecule has 28 heavy (non-hydrogen) atoms. The number of carbonyl (C=O) groups is 1. The summed E-state index contributed by atoms with van der Waals surface area (Å²) in [5, 5.41) is 0. The Morgan fingerprint density at radius 2 is 2.00 bits per heavy atom. The highest BCUT2D eigenvalue weighted by Crippen LogP contribution is 2.30. The largest absolute Gasteiger partial charge is 0.497 e. The van der Waals surface area contributed by atoms with Crippen molar-refractivity contribution in [3.05, 3.63) is 60.0 Å². The van der Waals surface area contributed by atoms with E-state index in [1.54, 1.807) is 20.4 Å². The fourth-order valence-electron chi connectivity index (χ4n) is 3.96. The van der Waals surface area contributed by atoms with E-state index < -0.39 is 0 Å². The molecule has 2 aromatic heterocycles. The van der Waals surface area contributed by atoms with Crippen LogP contribution in [-0.2, 0) is 6.54 Å². The summed E-state index contributed by atoms with van der Waals surface area (Å²) in [7, 11) is 3.28. The average Bonchev–Trinajstić information content (AvgIpc) is 3.42. The number of nitrogens with zero attached hydrogens (tertiary/aromatic N) is 3. The number of ether oxygens (including phenoxy) is 2. The van der Waals surface area contributed by atoms with Gasteiger partial charge in [0.1, 0.15) is 17.1 Å². The Bertz CT molecular complexity index is 976. The topological polar surface area (TPSA) is 56.1 Å². The van der Waals surface area contributed by atoms with Gasteiger partial charge < -0.3 is 18.8 Å². The van der Waals surface area contributed by atoms with Crippen molar-refractivity contribution >= 4 is 11.6 Å². The number of amides is 1. The summed E-state index contributed by atoms with van der Waals surface area (Å²) in [4.78, 5) is 19.7. The van der Waals surface area contributed by atoms with Crippen LogP contribution >= 0.6 is 0 Å². The van der Waals surface area contributed by atoms with Crippen LogP contribution < -0.4 is 9.47 Å². The molecular formula is C22H25N3O3. The first-order chi connectivity index (χ1) is 13.7. The summed E-state index contributed by atoms with van der Waals surface area (Å²) in [6.07, 6.45) is 9.86. The molecule has 6 heteroatoms. The maximum absolute atomic E-state index is 13.5. The predicted octanol–water partition coefficient (Wildman–Crippen LogP) is 3.94. The molecule has 0 saturated heterocycles. The molecule has 3 aromatic rings. The lowest BCUT2D eigenvalue weighted by molar-refractivity contribution is 0.0662. The molecule has 0 unspecified atom stereocenters. The van der Waals surface area contributed by atoms with E-state index in [-0.39, 0.29) is 11.9 Å². The molecule has 1 aliphatic rings. The van der Waals surface area contributed by atoms with Crippen molar-refractivity contribution in [2.24, 2.45) is 0 Å². The maximum Gasteiger partial charge on any atom is 0.255 e. The number of imidazole rings is 1. The predicted molar refractivity (Wildman–Crippen MR) is 107 cm³/mol. The number of benzene rings is 1. The maximum atomic E-state index is 13.5. The summed E-state index contributed by atoms with van der Waals surface area (Å²) in [6.45, 7) is 0.513. The summed E-state index contributed by atoms with van der Waals surface area (Å²) >= 11 is 0. The van der Waals surface area contributed by atoms with Gasteiger partial charge in [-0.05, 0) is 37.1 Å². The molecule has 1 aliphatic carbocycles. The van der Waals surface area contributed by atoms with Crippen LogP contribution in [0.5, 0.6) is 11.5 Å². The second-order valence-electron chi connectivity index (χ2n) is 7.16. The lowest BCUT2D eigenvalue weighted by atomic mass is 10.1. The van der Waals surface area contributed by atoms with Crippen molar-refractivity contribution in [3.8, 4) is 11.5 Å². The molecule has 6 nitrogen and oxygen atoms in total. The first-order valence-electron chi connectivity index (χ1n) is 9.64. The van der Waals surface area contributed by atoms with E-state index in [4.69, 9.17) is 9.47 Å². The molecule has 1 amide bonds. The van der Waals surface area contributed by atoms with Crippen molar-refractivity contribution in [1.82, 2.24) is 14.3 Å². The highest BCUT2D eigenvalue weighted by Gasteiger charge is 2.28. The van der Waals surface area contributed by atoms with Crippen molar-refractivity contribution in [1.29, 1.82) is 0 Å². The second-order valence-corrected chi connectivity index (χ2v) is 7.16. The Balaban J connectivity index is 1.66. The minimum Gasteiger partial charge on any atom is -0.497 e. The van der Waals surface area contributed by atoms with Gasteiger partial charge in [-0.1, -0.05) is 12.8 Å². The van der Waals surface area contributed by atoms with Crippen LogP contribution in [0, 0.1) is 0 Å². The molecule has 0 N–H and O–H groups in total. The number of rotatable bonds is 6. The van der Waals surface area contributed by atoms with Crippen LogP contribution in [0.25, 0.3) is 5.65 Å². The Hall–Kier alpha value is -3.02. The summed E-state index contributed by atoms with van der Waals surface area (Å²) in [6, 6.07) is 9.74. The van der Waals surface area contributed by atoms with E-state index in [1.165, 1.54) is 0 Å². The molecular weight excluding hydrogens is 354 g/mol. The van der Waals surface area contributed by atoms with Gasteiger partial charge in [0.2, 0.25) is 0 Å². The molecule has 146 valence electrons. The molecule has 4 rings (SSSR count). The van der Waals surface area contributed by atoms with Gasteiger partial charge in [-0.2, -0.15) is 0 Å². The van der Waals surface area contributed by atoms with Crippen LogP contribution in [0.2, 0.25) is 0 Å². The van der Waals surface area contributed by atoms with Crippen LogP contribution in [0.15, 0.2) is 48.9 Å². The molecule has 1 aromatic carbocycles. The molecule has 1 saturated carbocycles. The standard InChI is InChI=1S/C22H25N3O3/c1-27-19-9-7-16(20(13-19)28-2)15-25(18-5-3-4-6-18)22(26)17-8-10-21-23-11-12-24(21)14-17/h7-14,18H,3-6,15H2,1-2H3. The minimum absolute atomic E-state index is 0.0420. The van der Waals surface area contributed by atoms with Crippen LogP contribution in [-0.4, -0.2) is 40.5 Å². The third-order valence-corrected chi connectivity index (χ3v) is 5.50. The number of methoxy groups -OCH3 is 2. The van der Waals surface area contributed by atoms with Gasteiger partial charge in [0.05, 0.1) is 19.8 Å². The quantitative estimate of drug-likeness (QED) is 0.651. The monoisotopic (exact) mass is 379 g/mol. The second kappa shape index (κ2) is 7.92. The zero-order chi connectivity index (χ0) is 19.5. The van der Waals surface area contributed by atoms with Crippen molar-refractivity contribution < 1.29 is 14.3 Å². The molecule has 1 fully saturated rings. The molecule has 0 bridgehead atoms. The van der Waals surface area contributed by atoms with Gasteiger partial charge in [-0.25, -0.2) is 4.98 Å². The summed E-state index contributed by atoms with van der Waals surface area (Å²) in [5.41, 5.74) is 2.48. The van der Waals surface area contributed by atoms with E-state index in [0.29, 0.717) is 12.1 Å². The van der Waals surface area contributed by atoms with Gasteiger partial charge in [0.15, 0.2) is 0 Å². The lowest BCUT2D eigenvalue weighted by Gasteiger charge is -2.30. The van der Waals surface area contributed by atoms with Crippen LogP contribution in [0.4, 0.5) is 0 Å². The number of pyridine rings is 1. The van der Waals surface area contributed by atoms with Gasteiger partial charge in [0.25, 0.3) is 5.91 Å². The lowest BCUT2D eigenvalue weighted by Crippen LogP contribution is -2.38. The zero-order valence-electron chi connectivity index (χ0n) is 16.3. The number of fused-ring (bicyclic) bond motifs is 1. The third-order valence-electron chi connectivity index (χ3n) is 5.50. The number of aromatic nitrogens is 2. The van der Waals surface area contributed by atoms with E-state index in [9.17, 15) is 4.79 Å².